The van der Waals surface area contributed by atoms with Crippen LogP contribution >= 0.6 is 23.4 Å². The molecule has 1 aromatic carbocycles. The van der Waals surface area contributed by atoms with Crippen molar-refractivity contribution in [3.05, 3.63) is 23.8 Å². The van der Waals surface area contributed by atoms with Crippen molar-refractivity contribution in [2.24, 2.45) is 0 Å². The summed E-state index contributed by atoms with van der Waals surface area (Å²) in [5, 5.41) is 0. The molecule has 5 heteroatoms. The lowest BCUT2D eigenvalue weighted by Crippen LogP contribution is -2.21. The van der Waals surface area contributed by atoms with Gasteiger partial charge in [0, 0.05) is 11.6 Å². The summed E-state index contributed by atoms with van der Waals surface area (Å²) < 4.78 is 16.7. The second-order valence-electron chi connectivity index (χ2n) is 4.22. The second-order valence-corrected chi connectivity index (χ2v) is 5.93. The molecule has 3 rings (SSSR count). The van der Waals surface area contributed by atoms with Gasteiger partial charge in [-0.3, -0.25) is 0 Å². The average Bonchev–Trinajstić information content (AvgIpc) is 2.94. The van der Waals surface area contributed by atoms with Crippen LogP contribution in [0.15, 0.2) is 18.2 Å². The van der Waals surface area contributed by atoms with Gasteiger partial charge in [-0.1, -0.05) is 6.07 Å². The standard InChI is InChI=1S/C12H13ClO3S/c1-12(16-9(5-13)6-17-12)8-2-3-10-11(4-8)15-7-14-10/h2-4,9H,5-7H2,1H3. The minimum absolute atomic E-state index is 0.122. The van der Waals surface area contributed by atoms with Gasteiger partial charge in [0.1, 0.15) is 4.93 Å². The van der Waals surface area contributed by atoms with Crippen LogP contribution in [0.25, 0.3) is 0 Å². The molecule has 0 radical (unpaired) electrons. The molecule has 0 aromatic heterocycles. The van der Waals surface area contributed by atoms with E-state index in [1.54, 1.807) is 11.8 Å². The highest BCUT2D eigenvalue weighted by atomic mass is 35.5. The number of hydrogen-bond donors (Lipinski definition) is 0. The summed E-state index contributed by atoms with van der Waals surface area (Å²) in [5.74, 6) is 3.05. The maximum atomic E-state index is 5.98. The quantitative estimate of drug-likeness (QED) is 0.774. The molecule has 92 valence electrons. The zero-order valence-corrected chi connectivity index (χ0v) is 11.0. The number of fused-ring (bicyclic) bond motifs is 1. The van der Waals surface area contributed by atoms with Crippen molar-refractivity contribution in [1.82, 2.24) is 0 Å². The van der Waals surface area contributed by atoms with E-state index in [0.717, 1.165) is 22.8 Å². The van der Waals surface area contributed by atoms with Crippen LogP contribution in [0.3, 0.4) is 0 Å². The van der Waals surface area contributed by atoms with E-state index in [0.29, 0.717) is 12.7 Å². The Hall–Kier alpha value is -0.580. The van der Waals surface area contributed by atoms with Crippen LogP contribution in [0.2, 0.25) is 0 Å². The first kappa shape index (κ1) is 11.5. The van der Waals surface area contributed by atoms with Crippen LogP contribution in [-0.4, -0.2) is 24.5 Å². The van der Waals surface area contributed by atoms with Crippen LogP contribution in [-0.2, 0) is 9.67 Å². The van der Waals surface area contributed by atoms with Gasteiger partial charge in [-0.25, -0.2) is 0 Å². The molecule has 2 aliphatic heterocycles. The number of halogens is 1. The Morgan fingerprint density at radius 3 is 3.00 bits per heavy atom. The Morgan fingerprint density at radius 2 is 2.24 bits per heavy atom. The molecule has 1 fully saturated rings. The monoisotopic (exact) mass is 272 g/mol. The predicted octanol–water partition coefficient (Wildman–Crippen LogP) is 2.96. The minimum atomic E-state index is -0.333. The fourth-order valence-electron chi connectivity index (χ4n) is 2.04. The third-order valence-corrected chi connectivity index (χ3v) is 4.77. The van der Waals surface area contributed by atoms with Gasteiger partial charge in [-0.15, -0.1) is 23.4 Å². The van der Waals surface area contributed by atoms with Gasteiger partial charge in [0.15, 0.2) is 11.5 Å². The molecule has 17 heavy (non-hydrogen) atoms. The number of hydrogen-bond acceptors (Lipinski definition) is 4. The van der Waals surface area contributed by atoms with Crippen LogP contribution in [0.4, 0.5) is 0 Å². The molecule has 0 spiro atoms. The van der Waals surface area contributed by atoms with Gasteiger partial charge in [-0.2, -0.15) is 0 Å². The van der Waals surface area contributed by atoms with Crippen molar-refractivity contribution in [2.45, 2.75) is 18.0 Å². The molecule has 2 atom stereocenters. The number of ether oxygens (including phenoxy) is 3. The zero-order chi connectivity index (χ0) is 11.9. The van der Waals surface area contributed by atoms with E-state index < -0.39 is 0 Å². The second kappa shape index (κ2) is 4.26. The van der Waals surface area contributed by atoms with Gasteiger partial charge in [-0.05, 0) is 24.6 Å². The molecule has 1 saturated heterocycles. The topological polar surface area (TPSA) is 27.7 Å². The Bertz CT molecular complexity index is 440. The first-order valence-corrected chi connectivity index (χ1v) is 7.01. The summed E-state index contributed by atoms with van der Waals surface area (Å²) in [6.45, 7) is 2.37. The smallest absolute Gasteiger partial charge is 0.231 e. The van der Waals surface area contributed by atoms with Crippen LogP contribution in [0.1, 0.15) is 12.5 Å². The zero-order valence-electron chi connectivity index (χ0n) is 9.44. The summed E-state index contributed by atoms with van der Waals surface area (Å²) in [5.41, 5.74) is 1.10. The maximum absolute atomic E-state index is 5.98. The van der Waals surface area contributed by atoms with Crippen molar-refractivity contribution in [2.75, 3.05) is 18.4 Å². The van der Waals surface area contributed by atoms with Crippen LogP contribution in [0.5, 0.6) is 11.5 Å². The van der Waals surface area contributed by atoms with Crippen molar-refractivity contribution in [3.8, 4) is 11.5 Å². The van der Waals surface area contributed by atoms with Crippen molar-refractivity contribution >= 4 is 23.4 Å². The number of rotatable bonds is 2. The van der Waals surface area contributed by atoms with Gasteiger partial charge >= 0.3 is 0 Å². The number of alkyl halides is 1. The van der Waals surface area contributed by atoms with Crippen molar-refractivity contribution in [1.29, 1.82) is 0 Å². The van der Waals surface area contributed by atoms with Crippen LogP contribution in [0, 0.1) is 0 Å². The normalized spacial score (nSPS) is 30.8. The minimum Gasteiger partial charge on any atom is -0.454 e. The number of thioether (sulfide) groups is 1. The van der Waals surface area contributed by atoms with Gasteiger partial charge in [0.25, 0.3) is 0 Å². The molecule has 0 bridgehead atoms. The highest BCUT2D eigenvalue weighted by Gasteiger charge is 2.38. The largest absolute Gasteiger partial charge is 0.454 e. The average molecular weight is 273 g/mol. The Balaban J connectivity index is 1.89. The molecule has 0 amide bonds. The van der Waals surface area contributed by atoms with Crippen LogP contribution < -0.4 is 9.47 Å². The molecular formula is C12H13ClO3S. The molecule has 0 aliphatic carbocycles. The predicted molar refractivity (Wildman–Crippen MR) is 68.0 cm³/mol. The number of benzene rings is 1. The third kappa shape index (κ3) is 1.98. The summed E-state index contributed by atoms with van der Waals surface area (Å²) in [6, 6.07) is 5.95. The SMILES string of the molecule is CC1(c2ccc3c(c2)OCO3)OC(CCl)CS1. The van der Waals surface area contributed by atoms with E-state index in [2.05, 4.69) is 6.92 Å². The van der Waals surface area contributed by atoms with Crippen molar-refractivity contribution in [3.63, 3.8) is 0 Å². The summed E-state index contributed by atoms with van der Waals surface area (Å²) in [7, 11) is 0. The molecule has 1 aromatic rings. The van der Waals surface area contributed by atoms with E-state index in [1.165, 1.54) is 0 Å². The first-order valence-electron chi connectivity index (χ1n) is 5.49. The lowest BCUT2D eigenvalue weighted by Gasteiger charge is -2.24. The first-order chi connectivity index (χ1) is 8.21. The molecular weight excluding hydrogens is 260 g/mol. The Kier molecular flexibility index (Phi) is 2.89. The fraction of sp³-hybridized carbons (Fsp3) is 0.500. The third-order valence-electron chi connectivity index (χ3n) is 3.01. The lowest BCUT2D eigenvalue weighted by atomic mass is 10.1. The fourth-order valence-corrected chi connectivity index (χ4v) is 3.53. The Labute approximate surface area is 109 Å². The summed E-state index contributed by atoms with van der Waals surface area (Å²) in [4.78, 5) is -0.333. The lowest BCUT2D eigenvalue weighted by molar-refractivity contribution is 0.0130. The molecule has 2 aliphatic rings. The van der Waals surface area contributed by atoms with Gasteiger partial charge in [0.05, 0.1) is 6.10 Å². The van der Waals surface area contributed by atoms with Crippen molar-refractivity contribution < 1.29 is 14.2 Å². The molecule has 0 N–H and O–H groups in total. The summed E-state index contributed by atoms with van der Waals surface area (Å²) in [6.07, 6.45) is 0.122. The molecule has 2 heterocycles. The maximum Gasteiger partial charge on any atom is 0.231 e. The molecule has 0 saturated carbocycles. The van der Waals surface area contributed by atoms with E-state index in [4.69, 9.17) is 25.8 Å². The highest BCUT2D eigenvalue weighted by molar-refractivity contribution is 8.00. The van der Waals surface area contributed by atoms with E-state index in [9.17, 15) is 0 Å². The molecule has 3 nitrogen and oxygen atoms in total. The Morgan fingerprint density at radius 1 is 1.41 bits per heavy atom. The van der Waals surface area contributed by atoms with Gasteiger partial charge < -0.3 is 14.2 Å². The highest BCUT2D eigenvalue weighted by Crippen LogP contribution is 2.47. The van der Waals surface area contributed by atoms with Gasteiger partial charge in [0.2, 0.25) is 6.79 Å². The molecule has 2 unspecified atom stereocenters. The summed E-state index contributed by atoms with van der Waals surface area (Å²) >= 11 is 7.61. The van der Waals surface area contributed by atoms with E-state index >= 15 is 0 Å². The van der Waals surface area contributed by atoms with E-state index in [-0.39, 0.29) is 11.0 Å². The van der Waals surface area contributed by atoms with E-state index in [1.807, 2.05) is 18.2 Å².